The Morgan fingerprint density at radius 1 is 1.32 bits per heavy atom. The molecule has 0 unspecified atom stereocenters. The van der Waals surface area contributed by atoms with Crippen molar-refractivity contribution in [3.63, 3.8) is 0 Å². The molecule has 0 spiro atoms. The zero-order valence-electron chi connectivity index (χ0n) is 16.1. The van der Waals surface area contributed by atoms with Crippen LogP contribution < -0.4 is 14.8 Å². The standard InChI is InChI=1S/C19H23BrN4O4/c1-12(2)28-16-10-13(18(25)24-6-8-27-9-7-24)4-5-15(16)22-19-21-11-14(20)17(23-19)26-3/h4-5,10-12H,6-9H2,1-3H3,(H,21,22,23). The number of halogens is 1. The van der Waals surface area contributed by atoms with Crippen LogP contribution in [0.25, 0.3) is 0 Å². The number of rotatable bonds is 6. The highest BCUT2D eigenvalue weighted by atomic mass is 79.9. The van der Waals surface area contributed by atoms with Crippen LogP contribution in [0.4, 0.5) is 11.6 Å². The van der Waals surface area contributed by atoms with E-state index in [0.29, 0.717) is 59.6 Å². The van der Waals surface area contributed by atoms with Gasteiger partial charge >= 0.3 is 0 Å². The number of carbonyl (C=O) groups excluding carboxylic acids is 1. The van der Waals surface area contributed by atoms with E-state index in [-0.39, 0.29) is 12.0 Å². The van der Waals surface area contributed by atoms with E-state index >= 15 is 0 Å². The van der Waals surface area contributed by atoms with E-state index in [9.17, 15) is 4.79 Å². The summed E-state index contributed by atoms with van der Waals surface area (Å²) in [5.74, 6) is 1.30. The number of methoxy groups -OCH3 is 1. The fraction of sp³-hybridized carbons (Fsp3) is 0.421. The van der Waals surface area contributed by atoms with Crippen LogP contribution >= 0.6 is 15.9 Å². The van der Waals surface area contributed by atoms with Gasteiger partial charge in [-0.1, -0.05) is 0 Å². The molecule has 1 aromatic carbocycles. The molecule has 8 nitrogen and oxygen atoms in total. The zero-order chi connectivity index (χ0) is 20.1. The summed E-state index contributed by atoms with van der Waals surface area (Å²) in [6, 6.07) is 5.31. The molecular weight excluding hydrogens is 428 g/mol. The van der Waals surface area contributed by atoms with Crippen LogP contribution in [0.1, 0.15) is 24.2 Å². The highest BCUT2D eigenvalue weighted by Gasteiger charge is 2.20. The molecule has 1 aliphatic rings. The summed E-state index contributed by atoms with van der Waals surface area (Å²) in [5.41, 5.74) is 1.23. The minimum Gasteiger partial charge on any atom is -0.489 e. The van der Waals surface area contributed by atoms with Crippen molar-refractivity contribution in [2.75, 3.05) is 38.7 Å². The molecule has 1 fully saturated rings. The Hall–Kier alpha value is -2.39. The second-order valence-corrected chi connectivity index (χ2v) is 7.31. The molecule has 0 saturated carbocycles. The van der Waals surface area contributed by atoms with E-state index in [1.54, 1.807) is 29.3 Å². The number of ether oxygens (including phenoxy) is 3. The van der Waals surface area contributed by atoms with E-state index in [1.807, 2.05) is 13.8 Å². The summed E-state index contributed by atoms with van der Waals surface area (Å²) in [6.07, 6.45) is 1.54. The molecule has 2 heterocycles. The quantitative estimate of drug-likeness (QED) is 0.722. The normalized spacial score (nSPS) is 14.1. The lowest BCUT2D eigenvalue weighted by atomic mass is 10.1. The first-order chi connectivity index (χ1) is 13.5. The average Bonchev–Trinajstić information content (AvgIpc) is 2.70. The number of hydrogen-bond acceptors (Lipinski definition) is 7. The zero-order valence-corrected chi connectivity index (χ0v) is 17.7. The molecule has 0 radical (unpaired) electrons. The molecule has 9 heteroatoms. The Labute approximate surface area is 172 Å². The van der Waals surface area contributed by atoms with Gasteiger partial charge in [0.1, 0.15) is 5.75 Å². The van der Waals surface area contributed by atoms with E-state index in [1.165, 1.54) is 7.11 Å². The number of benzene rings is 1. The summed E-state index contributed by atoms with van der Waals surface area (Å²) in [5, 5.41) is 3.13. The largest absolute Gasteiger partial charge is 0.489 e. The van der Waals surface area contributed by atoms with Gasteiger partial charge in [-0.25, -0.2) is 4.98 Å². The lowest BCUT2D eigenvalue weighted by molar-refractivity contribution is 0.0302. The number of nitrogens with one attached hydrogen (secondary N) is 1. The molecule has 28 heavy (non-hydrogen) atoms. The maximum Gasteiger partial charge on any atom is 0.254 e. The maximum absolute atomic E-state index is 12.8. The summed E-state index contributed by atoms with van der Waals surface area (Å²) in [4.78, 5) is 23.1. The van der Waals surface area contributed by atoms with Gasteiger partial charge < -0.3 is 24.4 Å². The minimum atomic E-state index is -0.0605. The Morgan fingerprint density at radius 3 is 2.75 bits per heavy atom. The SMILES string of the molecule is COc1nc(Nc2ccc(C(=O)N3CCOCC3)cc2OC(C)C)ncc1Br. The van der Waals surface area contributed by atoms with Crippen molar-refractivity contribution in [3.05, 3.63) is 34.4 Å². The van der Waals surface area contributed by atoms with Gasteiger partial charge in [-0.2, -0.15) is 4.98 Å². The highest BCUT2D eigenvalue weighted by Crippen LogP contribution is 2.31. The van der Waals surface area contributed by atoms with Gasteiger partial charge in [0.05, 0.1) is 42.8 Å². The number of anilines is 2. The third kappa shape index (κ3) is 4.90. The average molecular weight is 451 g/mol. The number of amides is 1. The van der Waals surface area contributed by atoms with Crippen LogP contribution in [0, 0.1) is 0 Å². The first-order valence-electron chi connectivity index (χ1n) is 8.99. The van der Waals surface area contributed by atoms with E-state index in [4.69, 9.17) is 14.2 Å². The highest BCUT2D eigenvalue weighted by molar-refractivity contribution is 9.10. The maximum atomic E-state index is 12.8. The van der Waals surface area contributed by atoms with Crippen molar-refractivity contribution in [1.82, 2.24) is 14.9 Å². The number of aromatic nitrogens is 2. The minimum absolute atomic E-state index is 0.0370. The van der Waals surface area contributed by atoms with Gasteiger partial charge in [-0.05, 0) is 48.0 Å². The molecule has 1 N–H and O–H groups in total. The third-order valence-electron chi connectivity index (χ3n) is 4.04. The second kappa shape index (κ2) is 9.20. The van der Waals surface area contributed by atoms with E-state index in [2.05, 4.69) is 31.2 Å². The lowest BCUT2D eigenvalue weighted by Crippen LogP contribution is -2.40. The molecule has 1 saturated heterocycles. The van der Waals surface area contributed by atoms with Crippen molar-refractivity contribution in [3.8, 4) is 11.6 Å². The molecule has 1 aliphatic heterocycles. The number of carbonyl (C=O) groups is 1. The van der Waals surface area contributed by atoms with Crippen LogP contribution in [-0.4, -0.2) is 60.3 Å². The Balaban J connectivity index is 1.87. The monoisotopic (exact) mass is 450 g/mol. The summed E-state index contributed by atoms with van der Waals surface area (Å²) < 4.78 is 17.1. The van der Waals surface area contributed by atoms with Gasteiger partial charge in [-0.3, -0.25) is 4.79 Å². The van der Waals surface area contributed by atoms with Crippen LogP contribution in [0.15, 0.2) is 28.9 Å². The summed E-state index contributed by atoms with van der Waals surface area (Å²) in [7, 11) is 1.54. The smallest absolute Gasteiger partial charge is 0.254 e. The van der Waals surface area contributed by atoms with Crippen molar-refractivity contribution in [2.45, 2.75) is 20.0 Å². The van der Waals surface area contributed by atoms with Gasteiger partial charge in [0.25, 0.3) is 5.91 Å². The molecule has 3 rings (SSSR count). The lowest BCUT2D eigenvalue weighted by Gasteiger charge is -2.27. The van der Waals surface area contributed by atoms with Gasteiger partial charge in [0, 0.05) is 18.7 Å². The molecular formula is C19H23BrN4O4. The van der Waals surface area contributed by atoms with Crippen LogP contribution in [0.5, 0.6) is 11.6 Å². The molecule has 150 valence electrons. The van der Waals surface area contributed by atoms with E-state index < -0.39 is 0 Å². The van der Waals surface area contributed by atoms with Crippen molar-refractivity contribution in [1.29, 1.82) is 0 Å². The van der Waals surface area contributed by atoms with Crippen molar-refractivity contribution >= 4 is 33.5 Å². The van der Waals surface area contributed by atoms with Crippen molar-refractivity contribution < 1.29 is 19.0 Å². The Kier molecular flexibility index (Phi) is 6.69. The fourth-order valence-corrected chi connectivity index (χ4v) is 3.09. The van der Waals surface area contributed by atoms with Crippen LogP contribution in [-0.2, 0) is 4.74 Å². The first kappa shape index (κ1) is 20.3. The molecule has 0 atom stereocenters. The van der Waals surface area contributed by atoms with Gasteiger partial charge in [0.15, 0.2) is 0 Å². The Bertz CT molecular complexity index is 841. The van der Waals surface area contributed by atoms with Crippen LogP contribution in [0.3, 0.4) is 0 Å². The number of nitrogens with zero attached hydrogens (tertiary/aromatic N) is 3. The predicted molar refractivity (Wildman–Crippen MR) is 108 cm³/mol. The fourth-order valence-electron chi connectivity index (χ4n) is 2.73. The molecule has 1 aromatic heterocycles. The van der Waals surface area contributed by atoms with Gasteiger partial charge in [0.2, 0.25) is 11.8 Å². The van der Waals surface area contributed by atoms with E-state index in [0.717, 1.165) is 0 Å². The molecule has 2 aromatic rings. The molecule has 0 aliphatic carbocycles. The molecule has 0 bridgehead atoms. The van der Waals surface area contributed by atoms with Crippen molar-refractivity contribution in [2.24, 2.45) is 0 Å². The second-order valence-electron chi connectivity index (χ2n) is 6.46. The predicted octanol–water partition coefficient (Wildman–Crippen LogP) is 3.25. The first-order valence-corrected chi connectivity index (χ1v) is 9.78. The van der Waals surface area contributed by atoms with Gasteiger partial charge in [-0.15, -0.1) is 0 Å². The summed E-state index contributed by atoms with van der Waals surface area (Å²) >= 11 is 3.33. The number of morpholine rings is 1. The summed E-state index contributed by atoms with van der Waals surface area (Å²) in [6.45, 7) is 6.16. The Morgan fingerprint density at radius 2 is 2.07 bits per heavy atom. The topological polar surface area (TPSA) is 85.8 Å². The third-order valence-corrected chi connectivity index (χ3v) is 4.59. The molecule has 1 amide bonds. The van der Waals surface area contributed by atoms with Crippen LogP contribution in [0.2, 0.25) is 0 Å². The number of hydrogen-bond donors (Lipinski definition) is 1.